The third-order valence-electron chi connectivity index (χ3n) is 5.71. The van der Waals surface area contributed by atoms with Crippen molar-refractivity contribution in [1.82, 2.24) is 8.61 Å². The third-order valence-corrected chi connectivity index (χ3v) is 7.60. The van der Waals surface area contributed by atoms with Gasteiger partial charge in [0.05, 0.1) is 12.7 Å². The van der Waals surface area contributed by atoms with E-state index in [0.29, 0.717) is 25.6 Å². The van der Waals surface area contributed by atoms with Crippen molar-refractivity contribution < 1.29 is 17.9 Å². The zero-order valence-corrected chi connectivity index (χ0v) is 15.2. The van der Waals surface area contributed by atoms with Crippen molar-refractivity contribution >= 4 is 10.2 Å². The molecule has 0 amide bonds. The number of hydrogen-bond donors (Lipinski definition) is 0. The molecule has 0 aromatic carbocycles. The van der Waals surface area contributed by atoms with Crippen molar-refractivity contribution in [3.05, 3.63) is 0 Å². The molecule has 134 valence electrons. The Labute approximate surface area is 140 Å². The van der Waals surface area contributed by atoms with Gasteiger partial charge in [-0.15, -0.1) is 0 Å². The molecule has 0 aromatic rings. The summed E-state index contributed by atoms with van der Waals surface area (Å²) in [5.74, 6) is 0.708. The molecule has 23 heavy (non-hydrogen) atoms. The van der Waals surface area contributed by atoms with Gasteiger partial charge >= 0.3 is 0 Å². The van der Waals surface area contributed by atoms with Gasteiger partial charge in [-0.2, -0.15) is 17.0 Å². The van der Waals surface area contributed by atoms with Crippen LogP contribution in [0.3, 0.4) is 0 Å². The second kappa shape index (κ2) is 6.96. The number of ether oxygens (including phenoxy) is 2. The van der Waals surface area contributed by atoms with Gasteiger partial charge in [0, 0.05) is 45.8 Å². The first-order chi connectivity index (χ1) is 10.9. The fourth-order valence-electron chi connectivity index (χ4n) is 3.98. The minimum Gasteiger partial charge on any atom is -0.380 e. The van der Waals surface area contributed by atoms with Gasteiger partial charge in [0.2, 0.25) is 0 Å². The number of hydrogen-bond acceptors (Lipinski definition) is 4. The Morgan fingerprint density at radius 1 is 1.26 bits per heavy atom. The first-order valence-electron chi connectivity index (χ1n) is 8.81. The van der Waals surface area contributed by atoms with E-state index < -0.39 is 10.2 Å². The van der Waals surface area contributed by atoms with E-state index in [4.69, 9.17) is 9.47 Å². The van der Waals surface area contributed by atoms with Crippen molar-refractivity contribution in [1.29, 1.82) is 0 Å². The lowest BCUT2D eigenvalue weighted by Crippen LogP contribution is -2.59. The fraction of sp³-hybridized carbons (Fsp3) is 1.00. The van der Waals surface area contributed by atoms with E-state index in [1.54, 1.807) is 18.4 Å². The van der Waals surface area contributed by atoms with Crippen molar-refractivity contribution in [2.75, 3.05) is 47.0 Å². The Hall–Kier alpha value is -0.210. The fourth-order valence-corrected chi connectivity index (χ4v) is 5.19. The monoisotopic (exact) mass is 346 g/mol. The minimum atomic E-state index is -3.37. The van der Waals surface area contributed by atoms with Crippen LogP contribution >= 0.6 is 0 Å². The highest BCUT2D eigenvalue weighted by molar-refractivity contribution is 7.86. The first-order valence-corrected chi connectivity index (χ1v) is 10.2. The summed E-state index contributed by atoms with van der Waals surface area (Å²) >= 11 is 0. The second-order valence-electron chi connectivity index (χ2n) is 7.55. The Balaban J connectivity index is 1.68. The van der Waals surface area contributed by atoms with E-state index in [1.807, 2.05) is 0 Å². The maximum Gasteiger partial charge on any atom is 0.281 e. The second-order valence-corrected chi connectivity index (χ2v) is 9.69. The molecule has 3 fully saturated rings. The molecule has 0 aromatic heterocycles. The highest BCUT2D eigenvalue weighted by Gasteiger charge is 2.49. The summed E-state index contributed by atoms with van der Waals surface area (Å²) in [6.07, 6.45) is 6.73. The first kappa shape index (κ1) is 17.6. The van der Waals surface area contributed by atoms with Crippen LogP contribution < -0.4 is 0 Å². The lowest BCUT2D eigenvalue weighted by molar-refractivity contribution is -0.146. The van der Waals surface area contributed by atoms with Crippen LogP contribution in [-0.2, 0) is 19.7 Å². The average molecular weight is 346 g/mol. The lowest BCUT2D eigenvalue weighted by atomic mass is 9.73. The third kappa shape index (κ3) is 3.58. The number of nitrogens with zero attached hydrogens (tertiary/aromatic N) is 2. The van der Waals surface area contributed by atoms with Crippen molar-refractivity contribution in [2.24, 2.45) is 11.3 Å². The molecule has 3 rings (SSSR count). The normalized spacial score (nSPS) is 33.4. The van der Waals surface area contributed by atoms with Crippen LogP contribution in [0.2, 0.25) is 0 Å². The molecule has 2 heterocycles. The molecule has 2 saturated heterocycles. The van der Waals surface area contributed by atoms with Gasteiger partial charge in [-0.05, 0) is 38.0 Å². The largest absolute Gasteiger partial charge is 0.380 e. The van der Waals surface area contributed by atoms with E-state index in [9.17, 15) is 8.42 Å². The highest BCUT2D eigenvalue weighted by Crippen LogP contribution is 2.41. The predicted octanol–water partition coefficient (Wildman–Crippen LogP) is 1.48. The maximum atomic E-state index is 12.5. The Morgan fingerprint density at radius 3 is 2.70 bits per heavy atom. The molecule has 1 aliphatic carbocycles. The highest BCUT2D eigenvalue weighted by atomic mass is 32.2. The Morgan fingerprint density at radius 2 is 2.04 bits per heavy atom. The van der Waals surface area contributed by atoms with E-state index in [2.05, 4.69) is 0 Å². The summed E-state index contributed by atoms with van der Waals surface area (Å²) < 4.78 is 40.0. The Bertz CT molecular complexity index is 506. The van der Waals surface area contributed by atoms with Gasteiger partial charge in [0.1, 0.15) is 0 Å². The topological polar surface area (TPSA) is 59.1 Å². The molecule has 7 heteroatoms. The molecule has 0 bridgehead atoms. The number of fused-ring (bicyclic) bond motifs is 1. The quantitative estimate of drug-likeness (QED) is 0.731. The molecule has 1 saturated carbocycles. The van der Waals surface area contributed by atoms with E-state index in [1.165, 1.54) is 23.6 Å². The smallest absolute Gasteiger partial charge is 0.281 e. The lowest BCUT2D eigenvalue weighted by Gasteiger charge is -2.50. The van der Waals surface area contributed by atoms with Crippen molar-refractivity contribution in [3.8, 4) is 0 Å². The molecule has 2 atom stereocenters. The van der Waals surface area contributed by atoms with Crippen LogP contribution in [-0.4, -0.2) is 70.1 Å². The van der Waals surface area contributed by atoms with Crippen LogP contribution in [0.25, 0.3) is 0 Å². The van der Waals surface area contributed by atoms with Gasteiger partial charge in [0.15, 0.2) is 0 Å². The zero-order chi connectivity index (χ0) is 16.5. The molecule has 0 spiro atoms. The van der Waals surface area contributed by atoms with Crippen LogP contribution in [0.4, 0.5) is 0 Å². The van der Waals surface area contributed by atoms with Gasteiger partial charge in [0.25, 0.3) is 10.2 Å². The molecular formula is C16H30N2O4S. The average Bonchev–Trinajstić information content (AvgIpc) is 2.49. The van der Waals surface area contributed by atoms with Crippen molar-refractivity contribution in [3.63, 3.8) is 0 Å². The molecule has 0 unspecified atom stereocenters. The van der Waals surface area contributed by atoms with Gasteiger partial charge in [-0.25, -0.2) is 0 Å². The number of piperidine rings is 1. The molecule has 3 aliphatic rings. The van der Waals surface area contributed by atoms with E-state index >= 15 is 0 Å². The minimum absolute atomic E-state index is 0.131. The van der Waals surface area contributed by atoms with Crippen LogP contribution in [0.15, 0.2) is 0 Å². The molecule has 0 N–H and O–H groups in total. The summed E-state index contributed by atoms with van der Waals surface area (Å²) in [4.78, 5) is 0. The number of rotatable bonds is 6. The molecular weight excluding hydrogens is 316 g/mol. The Kier molecular flexibility index (Phi) is 5.33. The molecule has 2 aliphatic heterocycles. The van der Waals surface area contributed by atoms with Crippen molar-refractivity contribution in [2.45, 2.75) is 44.6 Å². The molecule has 6 nitrogen and oxygen atoms in total. The van der Waals surface area contributed by atoms with Gasteiger partial charge < -0.3 is 9.47 Å². The summed E-state index contributed by atoms with van der Waals surface area (Å²) in [5, 5.41) is 0. The zero-order valence-electron chi connectivity index (χ0n) is 14.4. The van der Waals surface area contributed by atoms with Gasteiger partial charge in [-0.1, -0.05) is 6.42 Å². The van der Waals surface area contributed by atoms with E-state index in [-0.39, 0.29) is 11.5 Å². The summed E-state index contributed by atoms with van der Waals surface area (Å²) in [5.41, 5.74) is -0.177. The summed E-state index contributed by atoms with van der Waals surface area (Å²) in [6.45, 7) is 3.27. The SMILES string of the molecule is CN(C)S(=O)(=O)N1CC[C@@H]2OCCC[C@]2(COCC2CCC2)C1. The maximum absolute atomic E-state index is 12.5. The van der Waals surface area contributed by atoms with Gasteiger partial charge in [-0.3, -0.25) is 0 Å². The van der Waals surface area contributed by atoms with Crippen LogP contribution in [0.5, 0.6) is 0 Å². The summed E-state index contributed by atoms with van der Waals surface area (Å²) in [7, 11) is -0.176. The summed E-state index contributed by atoms with van der Waals surface area (Å²) in [6, 6.07) is 0. The standard InChI is InChI=1S/C16H30N2O4S/c1-17(2)23(19,20)18-9-7-15-16(12-18,8-4-10-22-15)13-21-11-14-5-3-6-14/h14-15H,3-13H2,1-2H3/t15-,16+/m0/s1. The van der Waals surface area contributed by atoms with Crippen LogP contribution in [0.1, 0.15) is 38.5 Å². The van der Waals surface area contributed by atoms with Crippen LogP contribution in [0, 0.1) is 11.3 Å². The predicted molar refractivity (Wildman–Crippen MR) is 88.4 cm³/mol. The molecule has 0 radical (unpaired) electrons. The van der Waals surface area contributed by atoms with E-state index in [0.717, 1.165) is 32.5 Å².